The molecule has 0 spiro atoms. The number of carbonyl (C=O) groups is 2. The molecule has 0 aliphatic carbocycles. The Labute approximate surface area is 135 Å². The lowest BCUT2D eigenvalue weighted by molar-refractivity contribution is -0.153. The van der Waals surface area contributed by atoms with E-state index in [1.807, 2.05) is 0 Å². The number of carboxylic acid groups (broad SMARTS) is 1. The summed E-state index contributed by atoms with van der Waals surface area (Å²) in [4.78, 5) is 24.2. The number of amides is 1. The van der Waals surface area contributed by atoms with E-state index >= 15 is 0 Å². The van der Waals surface area contributed by atoms with Crippen molar-refractivity contribution in [3.8, 4) is 11.5 Å². The number of benzene rings is 1. The van der Waals surface area contributed by atoms with Crippen LogP contribution in [0, 0.1) is 5.92 Å². The van der Waals surface area contributed by atoms with Gasteiger partial charge in [-0.1, -0.05) is 12.1 Å². The largest absolute Gasteiger partial charge is 0.481 e. The molecular weight excluding hydrogens is 331 g/mol. The molecular formula is C15H16F3NO5. The second-order valence-electron chi connectivity index (χ2n) is 5.30. The molecule has 132 valence electrons. The minimum Gasteiger partial charge on any atom is -0.481 e. The first-order valence-electron chi connectivity index (χ1n) is 7.18. The molecule has 1 unspecified atom stereocenters. The van der Waals surface area contributed by atoms with E-state index in [1.54, 1.807) is 0 Å². The fourth-order valence-corrected chi connectivity index (χ4v) is 2.27. The standard InChI is InChI=1S/C15H16F3NO5/c16-15(17,18)9-24-12-4-2-1-3-11(12)23-8-13(20)19-6-5-10(7-19)14(21)22/h1-4,10H,5-9H2,(H,21,22). The number of alkyl halides is 3. The molecule has 6 nitrogen and oxygen atoms in total. The maximum Gasteiger partial charge on any atom is 0.422 e. The number of aliphatic carboxylic acids is 1. The first kappa shape index (κ1) is 17.9. The van der Waals surface area contributed by atoms with Crippen LogP contribution in [-0.4, -0.2) is 54.4 Å². The zero-order valence-corrected chi connectivity index (χ0v) is 12.6. The van der Waals surface area contributed by atoms with E-state index in [2.05, 4.69) is 4.74 Å². The van der Waals surface area contributed by atoms with Gasteiger partial charge in [0.2, 0.25) is 0 Å². The fourth-order valence-electron chi connectivity index (χ4n) is 2.27. The number of hydrogen-bond donors (Lipinski definition) is 1. The Hall–Kier alpha value is -2.45. The number of nitrogens with zero attached hydrogens (tertiary/aromatic N) is 1. The number of ether oxygens (including phenoxy) is 2. The Morgan fingerprint density at radius 2 is 1.83 bits per heavy atom. The second kappa shape index (κ2) is 7.41. The summed E-state index contributed by atoms with van der Waals surface area (Å²) in [6.45, 7) is -1.46. The molecule has 1 saturated heterocycles. The van der Waals surface area contributed by atoms with E-state index in [9.17, 15) is 22.8 Å². The van der Waals surface area contributed by atoms with Crippen molar-refractivity contribution in [1.82, 2.24) is 4.90 Å². The Bertz CT molecular complexity index is 605. The van der Waals surface area contributed by atoms with Crippen molar-refractivity contribution in [2.75, 3.05) is 26.3 Å². The molecule has 9 heteroatoms. The normalized spacial score (nSPS) is 17.6. The third-order valence-corrected chi connectivity index (χ3v) is 3.48. The van der Waals surface area contributed by atoms with Crippen molar-refractivity contribution in [1.29, 1.82) is 0 Å². The van der Waals surface area contributed by atoms with Crippen LogP contribution in [0.2, 0.25) is 0 Å². The minimum atomic E-state index is -4.48. The summed E-state index contributed by atoms with van der Waals surface area (Å²) in [7, 11) is 0. The zero-order valence-electron chi connectivity index (χ0n) is 12.6. The first-order valence-corrected chi connectivity index (χ1v) is 7.18. The van der Waals surface area contributed by atoms with Crippen molar-refractivity contribution in [3.05, 3.63) is 24.3 Å². The quantitative estimate of drug-likeness (QED) is 0.851. The molecule has 1 atom stereocenters. The summed E-state index contributed by atoms with van der Waals surface area (Å²) in [5.41, 5.74) is 0. The topological polar surface area (TPSA) is 76.1 Å². The van der Waals surface area contributed by atoms with E-state index in [1.165, 1.54) is 29.2 Å². The Morgan fingerprint density at radius 3 is 2.38 bits per heavy atom. The highest BCUT2D eigenvalue weighted by molar-refractivity contribution is 5.80. The Kier molecular flexibility index (Phi) is 5.53. The second-order valence-corrected chi connectivity index (χ2v) is 5.30. The molecule has 0 aromatic heterocycles. The van der Waals surface area contributed by atoms with Crippen LogP contribution in [0.5, 0.6) is 11.5 Å². The molecule has 24 heavy (non-hydrogen) atoms. The molecule has 0 saturated carbocycles. The molecule has 1 N–H and O–H groups in total. The van der Waals surface area contributed by atoms with Gasteiger partial charge >= 0.3 is 12.1 Å². The Balaban J connectivity index is 1.90. The average Bonchev–Trinajstić information content (AvgIpc) is 3.01. The summed E-state index contributed by atoms with van der Waals surface area (Å²) in [6.07, 6.45) is -4.11. The highest BCUT2D eigenvalue weighted by atomic mass is 19.4. The van der Waals surface area contributed by atoms with Gasteiger partial charge in [-0.3, -0.25) is 9.59 Å². The van der Waals surface area contributed by atoms with Gasteiger partial charge in [-0.2, -0.15) is 13.2 Å². The number of rotatable bonds is 6. The van der Waals surface area contributed by atoms with Gasteiger partial charge in [0.15, 0.2) is 24.7 Å². The van der Waals surface area contributed by atoms with Crippen molar-refractivity contribution in [3.63, 3.8) is 0 Å². The summed E-state index contributed by atoms with van der Waals surface area (Å²) in [5.74, 6) is -2.09. The van der Waals surface area contributed by atoms with Crippen molar-refractivity contribution < 1.29 is 37.3 Å². The predicted octanol–water partition coefficient (Wildman–Crippen LogP) is 1.94. The van der Waals surface area contributed by atoms with Crippen LogP contribution >= 0.6 is 0 Å². The van der Waals surface area contributed by atoms with Crippen LogP contribution in [0.1, 0.15) is 6.42 Å². The van der Waals surface area contributed by atoms with Gasteiger partial charge in [-0.15, -0.1) is 0 Å². The summed E-state index contributed by atoms with van der Waals surface area (Å²) < 4.78 is 46.6. The van der Waals surface area contributed by atoms with Gasteiger partial charge in [-0.05, 0) is 18.6 Å². The molecule has 0 radical (unpaired) electrons. The molecule has 1 amide bonds. The lowest BCUT2D eigenvalue weighted by atomic mass is 10.1. The molecule has 1 aliphatic heterocycles. The van der Waals surface area contributed by atoms with E-state index in [0.29, 0.717) is 13.0 Å². The SMILES string of the molecule is O=C(O)C1CCN(C(=O)COc2ccccc2OCC(F)(F)F)C1. The van der Waals surface area contributed by atoms with Crippen LogP contribution in [-0.2, 0) is 9.59 Å². The lowest BCUT2D eigenvalue weighted by Crippen LogP contribution is -2.33. The number of carbonyl (C=O) groups excluding carboxylic acids is 1. The number of carboxylic acids is 1. The van der Waals surface area contributed by atoms with E-state index in [0.717, 1.165) is 0 Å². The monoisotopic (exact) mass is 347 g/mol. The zero-order chi connectivity index (χ0) is 17.7. The van der Waals surface area contributed by atoms with Crippen molar-refractivity contribution >= 4 is 11.9 Å². The molecule has 1 aliphatic rings. The fraction of sp³-hybridized carbons (Fsp3) is 0.467. The van der Waals surface area contributed by atoms with Crippen LogP contribution in [0.15, 0.2) is 24.3 Å². The number of hydrogen-bond acceptors (Lipinski definition) is 4. The molecule has 1 aromatic rings. The number of halogens is 3. The van der Waals surface area contributed by atoms with Gasteiger partial charge < -0.3 is 19.5 Å². The van der Waals surface area contributed by atoms with E-state index in [-0.39, 0.29) is 18.0 Å². The molecule has 1 heterocycles. The Morgan fingerprint density at radius 1 is 1.21 bits per heavy atom. The highest BCUT2D eigenvalue weighted by Crippen LogP contribution is 2.28. The van der Waals surface area contributed by atoms with E-state index < -0.39 is 37.2 Å². The maximum atomic E-state index is 12.2. The predicted molar refractivity (Wildman–Crippen MR) is 75.8 cm³/mol. The van der Waals surface area contributed by atoms with Crippen LogP contribution in [0.4, 0.5) is 13.2 Å². The maximum absolute atomic E-state index is 12.2. The van der Waals surface area contributed by atoms with E-state index in [4.69, 9.17) is 9.84 Å². The third-order valence-electron chi connectivity index (χ3n) is 3.48. The average molecular weight is 347 g/mol. The third kappa shape index (κ3) is 5.04. The van der Waals surface area contributed by atoms with Gasteiger partial charge in [0, 0.05) is 13.1 Å². The number of para-hydroxylation sites is 2. The molecule has 1 fully saturated rings. The van der Waals surface area contributed by atoms with Crippen LogP contribution in [0.3, 0.4) is 0 Å². The summed E-state index contributed by atoms with van der Waals surface area (Å²) in [6, 6.07) is 5.72. The number of likely N-dealkylation sites (tertiary alicyclic amines) is 1. The van der Waals surface area contributed by atoms with Gasteiger partial charge in [0.1, 0.15) is 0 Å². The molecule has 2 rings (SSSR count). The summed E-state index contributed by atoms with van der Waals surface area (Å²) >= 11 is 0. The smallest absolute Gasteiger partial charge is 0.422 e. The van der Waals surface area contributed by atoms with Crippen molar-refractivity contribution in [2.24, 2.45) is 5.92 Å². The first-order chi connectivity index (χ1) is 11.3. The highest BCUT2D eigenvalue weighted by Gasteiger charge is 2.31. The minimum absolute atomic E-state index is 0.0177. The molecule has 0 bridgehead atoms. The molecule has 1 aromatic carbocycles. The van der Waals surface area contributed by atoms with Crippen molar-refractivity contribution in [2.45, 2.75) is 12.6 Å². The lowest BCUT2D eigenvalue weighted by Gasteiger charge is -2.17. The summed E-state index contributed by atoms with van der Waals surface area (Å²) in [5, 5.41) is 8.90. The van der Waals surface area contributed by atoms with Gasteiger partial charge in [0.05, 0.1) is 5.92 Å². The van der Waals surface area contributed by atoms with Crippen LogP contribution in [0.25, 0.3) is 0 Å². The van der Waals surface area contributed by atoms with Gasteiger partial charge in [0.25, 0.3) is 5.91 Å². The van der Waals surface area contributed by atoms with Crippen LogP contribution < -0.4 is 9.47 Å². The van der Waals surface area contributed by atoms with Gasteiger partial charge in [-0.25, -0.2) is 0 Å².